The van der Waals surface area contributed by atoms with E-state index in [0.29, 0.717) is 0 Å². The number of allylic oxidation sites excluding steroid dienone is 2. The summed E-state index contributed by atoms with van der Waals surface area (Å²) in [6, 6.07) is 0. The number of nitrogens with one attached hydrogen (secondary N) is 1. The number of hydrogen-bond donors (Lipinski definition) is 1. The Labute approximate surface area is 77.2 Å². The zero-order valence-corrected chi connectivity index (χ0v) is 8.18. The Morgan fingerprint density at radius 2 is 2.11 bits per heavy atom. The summed E-state index contributed by atoms with van der Waals surface area (Å²) in [6.07, 6.45) is 7.55. The van der Waals surface area contributed by atoms with Crippen LogP contribution in [-0.4, -0.2) is 5.00 Å². The number of rotatable bonds is 0. The molecule has 9 heavy (non-hydrogen) atoms. The highest BCUT2D eigenvalue weighted by atomic mass is 127. The summed E-state index contributed by atoms with van der Waals surface area (Å²) in [4.78, 5) is -0.366. The van der Waals surface area contributed by atoms with Crippen molar-refractivity contribution in [1.82, 2.24) is 5.32 Å². The average molecular weight is 258 g/mol. The van der Waals surface area contributed by atoms with Gasteiger partial charge in [0.15, 0.2) is 0 Å². The van der Waals surface area contributed by atoms with E-state index in [9.17, 15) is 0 Å². The van der Waals surface area contributed by atoms with Crippen molar-refractivity contribution >= 4 is 35.6 Å². The molecule has 0 saturated heterocycles. The van der Waals surface area contributed by atoms with Gasteiger partial charge in [-0.2, -0.15) is 0 Å². The van der Waals surface area contributed by atoms with Gasteiger partial charge in [0.05, 0.1) is 0 Å². The van der Waals surface area contributed by atoms with E-state index in [1.54, 1.807) is 0 Å². The normalized spacial score (nSPS) is 30.9. The summed E-state index contributed by atoms with van der Waals surface area (Å²) in [7, 11) is 0. The Hall–Kier alpha value is 0.300. The molecular formula is C6H9ClIN. The maximum absolute atomic E-state index is 5.82. The molecular weight excluding hydrogens is 248 g/mol. The Morgan fingerprint density at radius 1 is 1.44 bits per heavy atom. The first-order valence-electron chi connectivity index (χ1n) is 2.52. The second-order valence-corrected chi connectivity index (χ2v) is 2.72. The molecule has 1 aliphatic rings. The maximum Gasteiger partial charge on any atom is 0.128 e. The topological polar surface area (TPSA) is 12.0 Å². The lowest BCUT2D eigenvalue weighted by atomic mass is 10.2. The van der Waals surface area contributed by atoms with E-state index in [2.05, 4.69) is 5.32 Å². The van der Waals surface area contributed by atoms with Crippen LogP contribution in [0.5, 0.6) is 0 Å². The second kappa shape index (κ2) is 3.46. The predicted octanol–water partition coefficient (Wildman–Crippen LogP) is 2.23. The molecule has 0 aromatic carbocycles. The summed E-state index contributed by atoms with van der Waals surface area (Å²) in [5.74, 6) is 0. The first-order chi connectivity index (χ1) is 3.71. The van der Waals surface area contributed by atoms with Gasteiger partial charge in [-0.05, 0) is 25.3 Å². The molecule has 0 fully saturated rings. The van der Waals surface area contributed by atoms with Gasteiger partial charge in [-0.15, -0.1) is 24.0 Å². The third-order valence-electron chi connectivity index (χ3n) is 0.982. The highest BCUT2D eigenvalue weighted by molar-refractivity contribution is 14.0. The number of alkyl halides is 1. The zero-order chi connectivity index (χ0) is 6.04. The van der Waals surface area contributed by atoms with E-state index in [-0.39, 0.29) is 29.0 Å². The van der Waals surface area contributed by atoms with Gasteiger partial charge < -0.3 is 5.32 Å². The number of dihydropyridines is 1. The van der Waals surface area contributed by atoms with Gasteiger partial charge in [-0.3, -0.25) is 0 Å². The average Bonchev–Trinajstić information content (AvgIpc) is 1.65. The molecule has 0 aromatic heterocycles. The minimum absolute atomic E-state index is 0. The van der Waals surface area contributed by atoms with Gasteiger partial charge in [-0.25, -0.2) is 0 Å². The first-order valence-corrected chi connectivity index (χ1v) is 2.89. The SMILES string of the molecule is CC1(Cl)C=CC=CN1.I. The third-order valence-corrected chi connectivity index (χ3v) is 1.22. The molecule has 1 rings (SSSR count). The molecule has 0 spiro atoms. The highest BCUT2D eigenvalue weighted by Gasteiger charge is 2.13. The number of hydrogen-bond acceptors (Lipinski definition) is 1. The van der Waals surface area contributed by atoms with Gasteiger partial charge in [-0.1, -0.05) is 17.7 Å². The van der Waals surface area contributed by atoms with Crippen LogP contribution in [0.15, 0.2) is 24.4 Å². The molecule has 0 radical (unpaired) electrons. The van der Waals surface area contributed by atoms with Crippen molar-refractivity contribution in [3.05, 3.63) is 24.4 Å². The Kier molecular flexibility index (Phi) is 3.58. The quantitative estimate of drug-likeness (QED) is 0.399. The lowest BCUT2D eigenvalue weighted by molar-refractivity contribution is 0.686. The van der Waals surface area contributed by atoms with E-state index in [0.717, 1.165) is 0 Å². The van der Waals surface area contributed by atoms with Crippen LogP contribution in [0.1, 0.15) is 6.92 Å². The molecule has 1 atom stereocenters. The zero-order valence-electron chi connectivity index (χ0n) is 5.10. The van der Waals surface area contributed by atoms with Gasteiger partial charge in [0.2, 0.25) is 0 Å². The van der Waals surface area contributed by atoms with Crippen LogP contribution in [-0.2, 0) is 0 Å². The summed E-state index contributed by atoms with van der Waals surface area (Å²) >= 11 is 5.82. The van der Waals surface area contributed by atoms with Crippen LogP contribution in [0.4, 0.5) is 0 Å². The highest BCUT2D eigenvalue weighted by Crippen LogP contribution is 2.13. The molecule has 0 saturated carbocycles. The fourth-order valence-corrected chi connectivity index (χ4v) is 0.687. The Balaban J connectivity index is 0.000000640. The largest absolute Gasteiger partial charge is 0.370 e. The van der Waals surface area contributed by atoms with Crippen molar-refractivity contribution in [3.8, 4) is 0 Å². The Bertz CT molecular complexity index is 140. The van der Waals surface area contributed by atoms with Crippen molar-refractivity contribution in [2.45, 2.75) is 11.9 Å². The second-order valence-electron chi connectivity index (χ2n) is 1.94. The van der Waals surface area contributed by atoms with E-state index in [1.807, 2.05) is 31.4 Å². The molecule has 52 valence electrons. The summed E-state index contributed by atoms with van der Waals surface area (Å²) in [5, 5.41) is 2.96. The van der Waals surface area contributed by atoms with Crippen molar-refractivity contribution in [3.63, 3.8) is 0 Å². The van der Waals surface area contributed by atoms with Crippen LogP contribution in [0.2, 0.25) is 0 Å². The van der Waals surface area contributed by atoms with Crippen LogP contribution in [0, 0.1) is 0 Å². The van der Waals surface area contributed by atoms with Gasteiger partial charge >= 0.3 is 0 Å². The lowest BCUT2D eigenvalue weighted by Crippen LogP contribution is -2.31. The fraction of sp³-hybridized carbons (Fsp3) is 0.333. The predicted molar refractivity (Wildman–Crippen MR) is 51.1 cm³/mol. The van der Waals surface area contributed by atoms with E-state index < -0.39 is 0 Å². The minimum Gasteiger partial charge on any atom is -0.370 e. The molecule has 0 bridgehead atoms. The Morgan fingerprint density at radius 3 is 2.33 bits per heavy atom. The molecule has 1 nitrogen and oxygen atoms in total. The van der Waals surface area contributed by atoms with E-state index in [1.165, 1.54) is 0 Å². The summed E-state index contributed by atoms with van der Waals surface area (Å²) in [6.45, 7) is 1.90. The smallest absolute Gasteiger partial charge is 0.128 e. The van der Waals surface area contributed by atoms with Crippen molar-refractivity contribution in [2.24, 2.45) is 0 Å². The molecule has 1 aliphatic heterocycles. The van der Waals surface area contributed by atoms with Gasteiger partial charge in [0.25, 0.3) is 0 Å². The third kappa shape index (κ3) is 3.11. The molecule has 1 N–H and O–H groups in total. The first kappa shape index (κ1) is 9.30. The molecule has 3 heteroatoms. The molecule has 0 amide bonds. The standard InChI is InChI=1S/C6H8ClN.HI/c1-6(7)4-2-3-5-8-6;/h2-5,8H,1H3;1H. The monoisotopic (exact) mass is 257 g/mol. The van der Waals surface area contributed by atoms with E-state index >= 15 is 0 Å². The van der Waals surface area contributed by atoms with Crippen LogP contribution >= 0.6 is 35.6 Å². The molecule has 1 heterocycles. The van der Waals surface area contributed by atoms with Gasteiger partial charge in [0.1, 0.15) is 5.00 Å². The maximum atomic E-state index is 5.82. The van der Waals surface area contributed by atoms with Crippen molar-refractivity contribution in [2.75, 3.05) is 0 Å². The minimum atomic E-state index is -0.366. The van der Waals surface area contributed by atoms with Crippen molar-refractivity contribution in [1.29, 1.82) is 0 Å². The summed E-state index contributed by atoms with van der Waals surface area (Å²) in [5.41, 5.74) is 0. The van der Waals surface area contributed by atoms with E-state index in [4.69, 9.17) is 11.6 Å². The molecule has 1 unspecified atom stereocenters. The van der Waals surface area contributed by atoms with Crippen molar-refractivity contribution < 1.29 is 0 Å². The fourth-order valence-electron chi connectivity index (χ4n) is 0.551. The molecule has 0 aliphatic carbocycles. The molecule has 0 aromatic rings. The summed E-state index contributed by atoms with van der Waals surface area (Å²) < 4.78 is 0. The lowest BCUT2D eigenvalue weighted by Gasteiger charge is -2.19. The van der Waals surface area contributed by atoms with Crippen LogP contribution in [0.3, 0.4) is 0 Å². The number of halogens is 2. The van der Waals surface area contributed by atoms with Crippen LogP contribution < -0.4 is 5.32 Å². The van der Waals surface area contributed by atoms with Crippen LogP contribution in [0.25, 0.3) is 0 Å². The van der Waals surface area contributed by atoms with Gasteiger partial charge in [0, 0.05) is 0 Å².